The number of nitrogens with zero attached hydrogens (tertiary/aromatic N) is 3. The molecule has 2 N–H and O–H groups in total. The lowest BCUT2D eigenvalue weighted by atomic mass is 10.2. The van der Waals surface area contributed by atoms with E-state index in [1.807, 2.05) is 30.3 Å². The molecule has 0 unspecified atom stereocenters. The second-order valence-electron chi connectivity index (χ2n) is 4.98. The van der Waals surface area contributed by atoms with E-state index >= 15 is 0 Å². The second-order valence-corrected chi connectivity index (χ2v) is 4.98. The quantitative estimate of drug-likeness (QED) is 0.867. The molecule has 3 heterocycles. The summed E-state index contributed by atoms with van der Waals surface area (Å²) in [7, 11) is 0. The molecule has 2 fully saturated rings. The highest BCUT2D eigenvalue weighted by molar-refractivity contribution is 5.55. The number of morpholine rings is 1. The average Bonchev–Trinajstić information content (AvgIpc) is 3.16. The van der Waals surface area contributed by atoms with E-state index in [-0.39, 0.29) is 0 Å². The van der Waals surface area contributed by atoms with E-state index in [4.69, 9.17) is 4.74 Å². The Morgan fingerprint density at radius 1 is 1.32 bits per heavy atom. The van der Waals surface area contributed by atoms with Crippen LogP contribution in [0.25, 0.3) is 11.4 Å². The first-order valence-corrected chi connectivity index (χ1v) is 6.51. The Labute approximate surface area is 110 Å². The fourth-order valence-corrected chi connectivity index (χ4v) is 2.70. The van der Waals surface area contributed by atoms with Crippen molar-refractivity contribution in [2.24, 2.45) is 0 Å². The lowest BCUT2D eigenvalue weighted by molar-refractivity contribution is 0.0407. The Balaban J connectivity index is 1.50. The van der Waals surface area contributed by atoms with E-state index in [1.54, 1.807) is 0 Å². The highest BCUT2D eigenvalue weighted by Crippen LogP contribution is 2.27. The van der Waals surface area contributed by atoms with Crippen LogP contribution >= 0.6 is 0 Å². The summed E-state index contributed by atoms with van der Waals surface area (Å²) in [5.74, 6) is 1.40. The van der Waals surface area contributed by atoms with Crippen molar-refractivity contribution in [3.63, 3.8) is 0 Å². The van der Waals surface area contributed by atoms with Crippen LogP contribution in [0.5, 0.6) is 0 Å². The Kier molecular flexibility index (Phi) is 2.49. The standard InChI is InChI=1S/C13H15N5O/c1-2-4-9(5-3-1)12-14-13(16-15-12)17-18-7-11-6-10(18)8-19-11/h1-5,10-11H,6-8H2,(H2,14,15,16,17)/t10-,11-/m1/s1. The highest BCUT2D eigenvalue weighted by Gasteiger charge is 2.39. The van der Waals surface area contributed by atoms with Gasteiger partial charge in [0.05, 0.1) is 18.8 Å². The molecule has 2 aliphatic heterocycles. The molecule has 1 aromatic heterocycles. The SMILES string of the molecule is c1ccc(-c2nc(NN3C[C@H]4C[C@@H]3CO4)n[nH]2)cc1. The Morgan fingerprint density at radius 2 is 2.21 bits per heavy atom. The van der Waals surface area contributed by atoms with Gasteiger partial charge in [-0.1, -0.05) is 30.3 Å². The number of anilines is 1. The summed E-state index contributed by atoms with van der Waals surface area (Å²) in [6.45, 7) is 1.70. The minimum atomic E-state index is 0.366. The summed E-state index contributed by atoms with van der Waals surface area (Å²) in [4.78, 5) is 4.47. The van der Waals surface area contributed by atoms with Crippen molar-refractivity contribution in [1.82, 2.24) is 20.2 Å². The molecular weight excluding hydrogens is 242 g/mol. The number of aromatic nitrogens is 3. The third-order valence-electron chi connectivity index (χ3n) is 3.68. The van der Waals surface area contributed by atoms with Gasteiger partial charge in [0.1, 0.15) is 0 Å². The fourth-order valence-electron chi connectivity index (χ4n) is 2.70. The smallest absolute Gasteiger partial charge is 0.256 e. The Hall–Kier alpha value is -1.92. The Morgan fingerprint density at radius 3 is 2.95 bits per heavy atom. The van der Waals surface area contributed by atoms with Crippen molar-refractivity contribution in [1.29, 1.82) is 0 Å². The van der Waals surface area contributed by atoms with Gasteiger partial charge in [-0.05, 0) is 6.42 Å². The number of hydrogen-bond donors (Lipinski definition) is 2. The molecular formula is C13H15N5O. The number of H-pyrrole nitrogens is 1. The number of benzene rings is 1. The van der Waals surface area contributed by atoms with Gasteiger partial charge in [-0.2, -0.15) is 4.98 Å². The third kappa shape index (κ3) is 1.98. The number of rotatable bonds is 3. The lowest BCUT2D eigenvalue weighted by Gasteiger charge is -2.26. The van der Waals surface area contributed by atoms with Crippen molar-refractivity contribution in [2.45, 2.75) is 18.6 Å². The summed E-state index contributed by atoms with van der Waals surface area (Å²) >= 11 is 0. The molecule has 2 atom stereocenters. The van der Waals surface area contributed by atoms with Gasteiger partial charge in [-0.25, -0.2) is 5.01 Å². The van der Waals surface area contributed by atoms with Crippen molar-refractivity contribution in [3.8, 4) is 11.4 Å². The van der Waals surface area contributed by atoms with Crippen molar-refractivity contribution in [2.75, 3.05) is 18.6 Å². The van der Waals surface area contributed by atoms with Gasteiger partial charge >= 0.3 is 0 Å². The van der Waals surface area contributed by atoms with E-state index in [9.17, 15) is 0 Å². The zero-order valence-corrected chi connectivity index (χ0v) is 10.4. The van der Waals surface area contributed by atoms with Crippen LogP contribution in [-0.2, 0) is 4.74 Å². The second kappa shape index (κ2) is 4.32. The van der Waals surface area contributed by atoms with Gasteiger partial charge in [-0.3, -0.25) is 10.5 Å². The summed E-state index contributed by atoms with van der Waals surface area (Å²) in [5.41, 5.74) is 4.30. The maximum absolute atomic E-state index is 5.56. The number of hydrogen-bond acceptors (Lipinski definition) is 5. The van der Waals surface area contributed by atoms with Crippen LogP contribution in [0, 0.1) is 0 Å². The molecule has 4 rings (SSSR count). The fraction of sp³-hybridized carbons (Fsp3) is 0.385. The predicted molar refractivity (Wildman–Crippen MR) is 70.3 cm³/mol. The van der Waals surface area contributed by atoms with Gasteiger partial charge in [0.2, 0.25) is 0 Å². The average molecular weight is 257 g/mol. The molecule has 0 aliphatic carbocycles. The molecule has 2 aromatic rings. The molecule has 6 heteroatoms. The summed E-state index contributed by atoms with van der Waals surface area (Å²) < 4.78 is 5.56. The maximum atomic E-state index is 5.56. The van der Waals surface area contributed by atoms with Gasteiger partial charge in [0.15, 0.2) is 5.82 Å². The predicted octanol–water partition coefficient (Wildman–Crippen LogP) is 1.27. The molecule has 0 saturated carbocycles. The monoisotopic (exact) mass is 257 g/mol. The zero-order valence-electron chi connectivity index (χ0n) is 10.4. The summed E-state index contributed by atoms with van der Waals surface area (Å²) in [6.07, 6.45) is 1.47. The topological polar surface area (TPSA) is 66.1 Å². The molecule has 1 aromatic carbocycles. The van der Waals surface area contributed by atoms with Gasteiger partial charge < -0.3 is 4.74 Å². The van der Waals surface area contributed by atoms with Crippen LogP contribution in [0.3, 0.4) is 0 Å². The molecule has 19 heavy (non-hydrogen) atoms. The van der Waals surface area contributed by atoms with Gasteiger partial charge in [0, 0.05) is 12.1 Å². The maximum Gasteiger partial charge on any atom is 0.256 e. The van der Waals surface area contributed by atoms with E-state index < -0.39 is 0 Å². The van der Waals surface area contributed by atoms with E-state index in [0.29, 0.717) is 18.1 Å². The number of ether oxygens (including phenoxy) is 1. The molecule has 2 bridgehead atoms. The van der Waals surface area contributed by atoms with Crippen LogP contribution in [0.4, 0.5) is 5.95 Å². The normalized spacial score (nSPS) is 25.9. The third-order valence-corrected chi connectivity index (χ3v) is 3.68. The van der Waals surface area contributed by atoms with Crippen LogP contribution in [0.2, 0.25) is 0 Å². The first-order valence-electron chi connectivity index (χ1n) is 6.51. The number of nitrogens with one attached hydrogen (secondary N) is 2. The van der Waals surface area contributed by atoms with Gasteiger partial charge in [-0.15, -0.1) is 5.10 Å². The number of hydrazine groups is 1. The van der Waals surface area contributed by atoms with Crippen molar-refractivity contribution < 1.29 is 4.74 Å². The molecule has 2 aliphatic rings. The first-order chi connectivity index (χ1) is 9.38. The Bertz CT molecular complexity index is 569. The van der Waals surface area contributed by atoms with Crippen molar-refractivity contribution in [3.05, 3.63) is 30.3 Å². The highest BCUT2D eigenvalue weighted by atomic mass is 16.5. The molecule has 2 saturated heterocycles. The van der Waals surface area contributed by atoms with E-state index in [2.05, 4.69) is 25.6 Å². The molecule has 0 radical (unpaired) electrons. The van der Waals surface area contributed by atoms with Gasteiger partial charge in [0.25, 0.3) is 5.95 Å². The minimum absolute atomic E-state index is 0.366. The number of aromatic amines is 1. The van der Waals surface area contributed by atoms with Crippen LogP contribution in [0.15, 0.2) is 30.3 Å². The first kappa shape index (κ1) is 11.0. The van der Waals surface area contributed by atoms with Crippen molar-refractivity contribution >= 4 is 5.95 Å². The van der Waals surface area contributed by atoms with E-state index in [1.165, 1.54) is 0 Å². The molecule has 6 nitrogen and oxygen atoms in total. The minimum Gasteiger partial charge on any atom is -0.375 e. The zero-order chi connectivity index (χ0) is 12.7. The summed E-state index contributed by atoms with van der Waals surface area (Å²) in [5, 5.41) is 9.34. The van der Waals surface area contributed by atoms with E-state index in [0.717, 1.165) is 31.0 Å². The molecule has 0 spiro atoms. The summed E-state index contributed by atoms with van der Waals surface area (Å²) in [6, 6.07) is 10.4. The molecule has 0 amide bonds. The van der Waals surface area contributed by atoms with Crippen LogP contribution < -0.4 is 5.43 Å². The lowest BCUT2D eigenvalue weighted by Crippen LogP contribution is -2.41. The molecule has 98 valence electrons. The largest absolute Gasteiger partial charge is 0.375 e. The number of fused-ring (bicyclic) bond motifs is 2. The van der Waals surface area contributed by atoms with Crippen LogP contribution in [0.1, 0.15) is 6.42 Å². The van der Waals surface area contributed by atoms with Crippen LogP contribution in [-0.4, -0.2) is 45.5 Å².